The molecule has 0 aliphatic carbocycles. The summed E-state index contributed by atoms with van der Waals surface area (Å²) in [5, 5.41) is 22.7. The van der Waals surface area contributed by atoms with E-state index in [4.69, 9.17) is 19.5 Å². The number of hydrogen-bond donors (Lipinski definition) is 3. The van der Waals surface area contributed by atoms with E-state index in [-0.39, 0.29) is 89.4 Å². The maximum Gasteiger partial charge on any atom is 1.00 e. The third kappa shape index (κ3) is 7.65. The van der Waals surface area contributed by atoms with Crippen molar-refractivity contribution in [1.82, 2.24) is 19.5 Å². The van der Waals surface area contributed by atoms with Crippen LogP contribution in [0.3, 0.4) is 0 Å². The first-order chi connectivity index (χ1) is 15.0. The van der Waals surface area contributed by atoms with Gasteiger partial charge < -0.3 is 39.5 Å². The number of aliphatic hydroxyl groups excluding tert-OH is 1. The molecule has 2 unspecified atom stereocenters. The molecule has 0 radical (unpaired) electrons. The van der Waals surface area contributed by atoms with Gasteiger partial charge in [0.15, 0.2) is 11.9 Å². The Balaban J connectivity index is 0.00000289. The molecule has 1 fully saturated rings. The summed E-state index contributed by atoms with van der Waals surface area (Å²) in [6, 6.07) is 0. The fourth-order valence-corrected chi connectivity index (χ4v) is 4.69. The van der Waals surface area contributed by atoms with Crippen molar-refractivity contribution >= 4 is 32.8 Å². The second-order valence-corrected chi connectivity index (χ2v) is 9.20. The van der Waals surface area contributed by atoms with Gasteiger partial charge in [-0.2, -0.15) is 4.98 Å². The van der Waals surface area contributed by atoms with Gasteiger partial charge in [0.25, 0.3) is 7.82 Å². The van der Waals surface area contributed by atoms with Crippen LogP contribution in [0.15, 0.2) is 6.33 Å². The van der Waals surface area contributed by atoms with E-state index in [0.717, 1.165) is 10.9 Å². The maximum atomic E-state index is 12.1. The van der Waals surface area contributed by atoms with Crippen LogP contribution in [0.4, 0.5) is 5.95 Å². The molecule has 0 aromatic carbocycles. The largest absolute Gasteiger partial charge is 1.00 e. The van der Waals surface area contributed by atoms with Crippen LogP contribution in [0.5, 0.6) is 5.88 Å². The van der Waals surface area contributed by atoms with Crippen LogP contribution >= 0.6 is 15.6 Å². The number of nitrogens with zero attached hydrogens (tertiary/aromatic N) is 4. The number of fused-ring (bicyclic) bond motifs is 1. The molecule has 3 rings (SSSR count). The number of aromatic nitrogens is 4. The molecule has 1 saturated heterocycles. The molecule has 34 heavy (non-hydrogen) atoms. The van der Waals surface area contributed by atoms with Crippen molar-refractivity contribution in [3.05, 3.63) is 6.33 Å². The number of phosphoric acid groups is 2. The predicted octanol–water partition coefficient (Wildman–Crippen LogP) is -7.21. The zero-order chi connectivity index (χ0) is 23.7. The fraction of sp³-hybridized carbons (Fsp3) is 0.643. The number of ether oxygens (including phenoxy) is 1. The Kier molecular flexibility index (Phi) is 12.5. The normalized spacial score (nSPS) is 25.8. The number of imidazole rings is 1. The van der Waals surface area contributed by atoms with E-state index >= 15 is 0 Å². The number of hydrogen-bond acceptors (Lipinski definition) is 14. The van der Waals surface area contributed by atoms with E-state index < -0.39 is 52.7 Å². The third-order valence-corrected chi connectivity index (χ3v) is 6.36. The molecule has 20 heteroatoms. The summed E-state index contributed by atoms with van der Waals surface area (Å²) >= 11 is 0. The van der Waals surface area contributed by atoms with E-state index in [1.165, 1.54) is 13.8 Å². The number of rotatable bonds is 10. The van der Waals surface area contributed by atoms with Gasteiger partial charge in [0.1, 0.15) is 23.8 Å². The molecule has 1 aliphatic rings. The minimum absolute atomic E-state index is 0. The molecule has 2 aromatic heterocycles. The number of phosphoric ester groups is 2. The van der Waals surface area contributed by atoms with Gasteiger partial charge in [-0.3, -0.25) is 18.2 Å². The minimum atomic E-state index is -4.71. The maximum absolute atomic E-state index is 12.1. The molecule has 16 nitrogen and oxygen atoms in total. The van der Waals surface area contributed by atoms with E-state index in [1.54, 1.807) is 0 Å². The van der Waals surface area contributed by atoms with Crippen molar-refractivity contribution in [3.63, 3.8) is 0 Å². The van der Waals surface area contributed by atoms with Gasteiger partial charge in [-0.1, -0.05) is 0 Å². The SMILES string of the molecule is CCOP(=O)([O-])OC[C@H]1O[C@@H](n2cnc3c([O-])nc(N)nc32)[C@H](O)[C@@H]1OP(=O)(O)OCC.[Na+].[Na+]. The summed E-state index contributed by atoms with van der Waals surface area (Å²) < 4.78 is 49.5. The van der Waals surface area contributed by atoms with E-state index in [0.29, 0.717) is 0 Å². The summed E-state index contributed by atoms with van der Waals surface area (Å²) in [4.78, 5) is 32.8. The van der Waals surface area contributed by atoms with Gasteiger partial charge in [0.05, 0.1) is 26.1 Å². The molecular formula is C14H21N5Na2O11P2. The zero-order valence-corrected chi connectivity index (χ0v) is 24.6. The van der Waals surface area contributed by atoms with Crippen LogP contribution in [-0.2, 0) is 32.0 Å². The van der Waals surface area contributed by atoms with Gasteiger partial charge in [0.2, 0.25) is 5.95 Å². The Morgan fingerprint density at radius 1 is 1.21 bits per heavy atom. The fourth-order valence-electron chi connectivity index (χ4n) is 3.01. The first kappa shape index (κ1) is 32.3. The van der Waals surface area contributed by atoms with Crippen LogP contribution in [0.2, 0.25) is 0 Å². The molecule has 0 saturated carbocycles. The van der Waals surface area contributed by atoms with Crippen molar-refractivity contribution in [1.29, 1.82) is 0 Å². The summed E-state index contributed by atoms with van der Waals surface area (Å²) in [7, 11) is -9.37. The van der Waals surface area contributed by atoms with Crippen LogP contribution in [0.25, 0.3) is 11.2 Å². The van der Waals surface area contributed by atoms with E-state index in [2.05, 4.69) is 24.0 Å². The molecule has 4 N–H and O–H groups in total. The smallest absolute Gasteiger partial charge is 0.857 e. The van der Waals surface area contributed by atoms with Gasteiger partial charge in [-0.15, -0.1) is 0 Å². The second kappa shape index (κ2) is 13.2. The topological polar surface area (TPSA) is 236 Å². The number of aliphatic hydroxyl groups is 1. The first-order valence-electron chi connectivity index (χ1n) is 9.24. The molecule has 1 aliphatic heterocycles. The quantitative estimate of drug-likeness (QED) is 0.186. The number of nitrogen functional groups attached to an aromatic ring is 1. The van der Waals surface area contributed by atoms with Crippen LogP contribution in [-0.4, -0.2) is 67.7 Å². The standard InChI is InChI=1S/C14H23N5O11P2.2Na/c1-3-26-31(22,23)28-5-7-10(30-32(24,25)27-4-2)9(20)13(29-7)19-6-16-8-11(19)17-14(15)18-12(8)21;;/h6-7,9-10,13,20H,3-5H2,1-2H3,(H,22,23)(H,24,25)(H3,15,17,18,21);;/q;2*+1/p-2/t7-,9-,10-,13-;;/m1../s1. The first-order valence-corrected chi connectivity index (χ1v) is 12.2. The Morgan fingerprint density at radius 3 is 2.47 bits per heavy atom. The third-order valence-electron chi connectivity index (χ3n) is 4.22. The van der Waals surface area contributed by atoms with Crippen molar-refractivity contribution < 1.29 is 111 Å². The monoisotopic (exact) mass is 543 g/mol. The predicted molar refractivity (Wildman–Crippen MR) is 101 cm³/mol. The van der Waals surface area contributed by atoms with Crippen molar-refractivity contribution in [3.8, 4) is 5.88 Å². The Labute approximate surface area is 237 Å². The summed E-state index contributed by atoms with van der Waals surface area (Å²) in [5.74, 6) is -1.13. The Bertz CT molecular complexity index is 1060. The molecule has 2 aromatic rings. The molecule has 0 spiro atoms. The average molecular weight is 543 g/mol. The molecule has 3 heterocycles. The van der Waals surface area contributed by atoms with Crippen molar-refractivity contribution in [2.75, 3.05) is 25.6 Å². The van der Waals surface area contributed by atoms with Gasteiger partial charge in [-0.05, 0) is 13.8 Å². The van der Waals surface area contributed by atoms with Crippen molar-refractivity contribution in [2.24, 2.45) is 0 Å². The van der Waals surface area contributed by atoms with Crippen molar-refractivity contribution in [2.45, 2.75) is 38.4 Å². The Morgan fingerprint density at radius 2 is 1.85 bits per heavy atom. The summed E-state index contributed by atoms with van der Waals surface area (Å²) in [6.45, 7) is 1.76. The van der Waals surface area contributed by atoms with Crippen LogP contribution < -0.4 is 74.8 Å². The van der Waals surface area contributed by atoms with Crippen LogP contribution in [0, 0.1) is 0 Å². The molecule has 180 valence electrons. The second-order valence-electron chi connectivity index (χ2n) is 6.38. The van der Waals surface area contributed by atoms with Crippen LogP contribution in [0.1, 0.15) is 20.1 Å². The summed E-state index contributed by atoms with van der Waals surface area (Å²) in [5.41, 5.74) is 5.24. The van der Waals surface area contributed by atoms with Gasteiger partial charge >= 0.3 is 66.9 Å². The number of nitrogens with two attached hydrogens (primary N) is 1. The summed E-state index contributed by atoms with van der Waals surface area (Å²) in [6.07, 6.45) is -4.93. The molecule has 0 amide bonds. The average Bonchev–Trinajstić information content (AvgIpc) is 3.22. The molecule has 6 atom stereocenters. The van der Waals surface area contributed by atoms with Gasteiger partial charge in [0, 0.05) is 5.88 Å². The number of anilines is 1. The zero-order valence-electron chi connectivity index (χ0n) is 18.8. The minimum Gasteiger partial charge on any atom is -0.857 e. The molecule has 0 bridgehead atoms. The van der Waals surface area contributed by atoms with E-state index in [9.17, 15) is 29.1 Å². The van der Waals surface area contributed by atoms with E-state index in [1.807, 2.05) is 0 Å². The molecular weight excluding hydrogens is 522 g/mol. The Hall–Kier alpha value is 0.290. The van der Waals surface area contributed by atoms with Gasteiger partial charge in [-0.25, -0.2) is 14.5 Å².